The molecule has 16 heavy (non-hydrogen) atoms. The number of carbonyl (C=O) groups excluding carboxylic acids is 1. The number of amides is 1. The summed E-state index contributed by atoms with van der Waals surface area (Å²) in [5.41, 5.74) is 2.20. The first-order valence-corrected chi connectivity index (χ1v) is 5.93. The number of halogens is 1. The molecule has 2 rings (SSSR count). The Morgan fingerprint density at radius 2 is 1.94 bits per heavy atom. The largest absolute Gasteiger partial charge is 0.493 e. The van der Waals surface area contributed by atoms with Crippen LogP contribution in [0, 0.1) is 0 Å². The molecule has 0 atom stereocenters. The van der Waals surface area contributed by atoms with E-state index >= 15 is 0 Å². The van der Waals surface area contributed by atoms with E-state index in [2.05, 4.69) is 15.9 Å². The van der Waals surface area contributed by atoms with Crippen LogP contribution >= 0.6 is 15.9 Å². The topological polar surface area (TPSA) is 38.8 Å². The molecule has 1 aromatic rings. The van der Waals surface area contributed by atoms with Crippen molar-refractivity contribution in [2.45, 2.75) is 6.54 Å². The normalized spacial score (nSPS) is 13.9. The van der Waals surface area contributed by atoms with Gasteiger partial charge in [-0.05, 0) is 17.7 Å². The number of carbonyl (C=O) groups is 1. The van der Waals surface area contributed by atoms with Crippen LogP contribution in [0.25, 0.3) is 0 Å². The Balaban J connectivity index is 2.47. The number of methoxy groups -OCH3 is 2. The van der Waals surface area contributed by atoms with Crippen LogP contribution in [0.5, 0.6) is 11.5 Å². The third kappa shape index (κ3) is 1.65. The number of rotatable bonds is 3. The Morgan fingerprint density at radius 3 is 2.50 bits per heavy atom. The van der Waals surface area contributed by atoms with Gasteiger partial charge in [-0.25, -0.2) is 0 Å². The van der Waals surface area contributed by atoms with Gasteiger partial charge in [0.25, 0.3) is 5.91 Å². The van der Waals surface area contributed by atoms with Crippen molar-refractivity contribution in [3.8, 4) is 11.5 Å². The van der Waals surface area contributed by atoms with Crippen LogP contribution in [0.15, 0.2) is 12.1 Å². The van der Waals surface area contributed by atoms with Crippen LogP contribution in [0.2, 0.25) is 0 Å². The molecule has 0 fully saturated rings. The smallest absolute Gasteiger partial charge is 0.255 e. The lowest BCUT2D eigenvalue weighted by Gasteiger charge is -2.09. The van der Waals surface area contributed by atoms with Gasteiger partial charge in [0.2, 0.25) is 0 Å². The fourth-order valence-electron chi connectivity index (χ4n) is 1.80. The summed E-state index contributed by atoms with van der Waals surface area (Å²) in [4.78, 5) is 13.6. The molecule has 1 aliphatic heterocycles. The van der Waals surface area contributed by atoms with Gasteiger partial charge in [-0.3, -0.25) is 4.79 Å². The minimum atomic E-state index is 0.0211. The quantitative estimate of drug-likeness (QED) is 0.630. The summed E-state index contributed by atoms with van der Waals surface area (Å²) in [6, 6.07) is 3.59. The summed E-state index contributed by atoms with van der Waals surface area (Å²) >= 11 is 3.29. The summed E-state index contributed by atoms with van der Waals surface area (Å²) in [6.07, 6.45) is 0. The second-order valence-electron chi connectivity index (χ2n) is 3.49. The van der Waals surface area contributed by atoms with Gasteiger partial charge in [0.1, 0.15) is 0 Å². The van der Waals surface area contributed by atoms with Crippen molar-refractivity contribution in [3.05, 3.63) is 23.3 Å². The molecule has 1 aromatic carbocycles. The number of nitrogens with zero attached hydrogens (tertiary/aromatic N) is 1. The number of ether oxygens (including phenoxy) is 2. The lowest BCUT2D eigenvalue weighted by molar-refractivity contribution is 0.0809. The fourth-order valence-corrected chi connectivity index (χ4v) is 2.20. The van der Waals surface area contributed by atoms with Crippen LogP contribution in [0.4, 0.5) is 0 Å². The number of hydrogen-bond donors (Lipinski definition) is 0. The molecule has 0 aliphatic carbocycles. The lowest BCUT2D eigenvalue weighted by atomic mass is 10.1. The van der Waals surface area contributed by atoms with Crippen molar-refractivity contribution in [1.29, 1.82) is 0 Å². The lowest BCUT2D eigenvalue weighted by Crippen LogP contribution is -2.21. The Morgan fingerprint density at radius 1 is 1.31 bits per heavy atom. The molecule has 0 unspecified atom stereocenters. The van der Waals surface area contributed by atoms with Crippen molar-refractivity contribution in [2.75, 3.05) is 19.7 Å². The molecule has 0 radical (unpaired) electrons. The zero-order valence-corrected chi connectivity index (χ0v) is 10.7. The van der Waals surface area contributed by atoms with Gasteiger partial charge < -0.3 is 14.4 Å². The molecule has 1 aliphatic rings. The van der Waals surface area contributed by atoms with Gasteiger partial charge in [0.15, 0.2) is 11.5 Å². The average Bonchev–Trinajstić information content (AvgIpc) is 2.63. The zero-order valence-electron chi connectivity index (χ0n) is 9.12. The number of hydrogen-bond acceptors (Lipinski definition) is 3. The molecule has 0 N–H and O–H groups in total. The van der Waals surface area contributed by atoms with E-state index in [0.29, 0.717) is 29.1 Å². The molecule has 86 valence electrons. The van der Waals surface area contributed by atoms with Crippen molar-refractivity contribution in [1.82, 2.24) is 4.90 Å². The molecule has 0 saturated heterocycles. The van der Waals surface area contributed by atoms with Crippen LogP contribution in [-0.2, 0) is 6.54 Å². The van der Waals surface area contributed by atoms with Gasteiger partial charge in [-0.1, -0.05) is 15.9 Å². The van der Waals surface area contributed by atoms with E-state index in [1.807, 2.05) is 6.07 Å². The van der Waals surface area contributed by atoms with Gasteiger partial charge >= 0.3 is 0 Å². The standard InChI is InChI=1S/C11H12BrNO3/c1-15-9-3-7-5-13(6-12)11(14)8(7)4-10(9)16-2/h3-4H,5-6H2,1-2H3. The molecule has 0 spiro atoms. The van der Waals surface area contributed by atoms with Gasteiger partial charge in [0, 0.05) is 12.1 Å². The summed E-state index contributed by atoms with van der Waals surface area (Å²) < 4.78 is 10.4. The summed E-state index contributed by atoms with van der Waals surface area (Å²) in [7, 11) is 3.15. The van der Waals surface area contributed by atoms with Crippen molar-refractivity contribution >= 4 is 21.8 Å². The highest BCUT2D eigenvalue weighted by Crippen LogP contribution is 2.34. The molecule has 0 saturated carbocycles. The Bertz CT molecular complexity index is 433. The van der Waals surface area contributed by atoms with Crippen LogP contribution in [0.1, 0.15) is 15.9 Å². The predicted molar refractivity (Wildman–Crippen MR) is 63.2 cm³/mol. The van der Waals surface area contributed by atoms with Gasteiger partial charge in [-0.15, -0.1) is 0 Å². The van der Waals surface area contributed by atoms with Crippen molar-refractivity contribution in [3.63, 3.8) is 0 Å². The Labute approximate surface area is 102 Å². The average molecular weight is 286 g/mol. The summed E-state index contributed by atoms with van der Waals surface area (Å²) in [5.74, 6) is 1.27. The van der Waals surface area contributed by atoms with Crippen LogP contribution in [0.3, 0.4) is 0 Å². The van der Waals surface area contributed by atoms with Crippen LogP contribution in [-0.4, -0.2) is 30.5 Å². The zero-order chi connectivity index (χ0) is 11.7. The highest BCUT2D eigenvalue weighted by Gasteiger charge is 2.28. The summed E-state index contributed by atoms with van der Waals surface area (Å²) in [5, 5.41) is 0. The highest BCUT2D eigenvalue weighted by molar-refractivity contribution is 9.09. The van der Waals surface area contributed by atoms with E-state index in [1.54, 1.807) is 25.2 Å². The first kappa shape index (κ1) is 11.3. The Hall–Kier alpha value is -1.23. The highest BCUT2D eigenvalue weighted by atomic mass is 79.9. The molecule has 5 heteroatoms. The molecular formula is C11H12BrNO3. The first-order valence-electron chi connectivity index (χ1n) is 4.81. The third-order valence-electron chi connectivity index (χ3n) is 2.63. The molecule has 0 bridgehead atoms. The molecule has 0 aromatic heterocycles. The van der Waals surface area contributed by atoms with E-state index in [-0.39, 0.29) is 5.91 Å². The maximum atomic E-state index is 11.9. The Kier molecular flexibility index (Phi) is 3.05. The maximum Gasteiger partial charge on any atom is 0.255 e. The van der Waals surface area contributed by atoms with Crippen LogP contribution < -0.4 is 9.47 Å². The third-order valence-corrected chi connectivity index (χ3v) is 3.24. The van der Waals surface area contributed by atoms with E-state index in [0.717, 1.165) is 5.56 Å². The van der Waals surface area contributed by atoms with Crippen molar-refractivity contribution < 1.29 is 14.3 Å². The molecule has 1 heterocycles. The van der Waals surface area contributed by atoms with E-state index < -0.39 is 0 Å². The van der Waals surface area contributed by atoms with E-state index in [9.17, 15) is 4.79 Å². The number of benzene rings is 1. The molecular weight excluding hydrogens is 274 g/mol. The second-order valence-corrected chi connectivity index (χ2v) is 3.99. The number of fused-ring (bicyclic) bond motifs is 1. The van der Waals surface area contributed by atoms with E-state index in [1.165, 1.54) is 0 Å². The summed E-state index contributed by atoms with van der Waals surface area (Å²) in [6.45, 7) is 0.611. The monoisotopic (exact) mass is 285 g/mol. The fraction of sp³-hybridized carbons (Fsp3) is 0.364. The molecule has 1 amide bonds. The van der Waals surface area contributed by atoms with Gasteiger partial charge in [-0.2, -0.15) is 0 Å². The predicted octanol–water partition coefficient (Wildman–Crippen LogP) is 2.01. The first-order chi connectivity index (χ1) is 7.71. The maximum absolute atomic E-state index is 11.9. The van der Waals surface area contributed by atoms with Gasteiger partial charge in [0.05, 0.1) is 19.7 Å². The minimum Gasteiger partial charge on any atom is -0.493 e. The SMILES string of the molecule is COc1cc2c(cc1OC)C(=O)N(CBr)C2. The van der Waals surface area contributed by atoms with E-state index in [4.69, 9.17) is 9.47 Å². The minimum absolute atomic E-state index is 0.0211. The van der Waals surface area contributed by atoms with Crippen molar-refractivity contribution in [2.24, 2.45) is 0 Å². The second kappa shape index (κ2) is 4.33. The molecule has 4 nitrogen and oxygen atoms in total. The number of alkyl halides is 1.